The van der Waals surface area contributed by atoms with Crippen LogP contribution in [0.25, 0.3) is 0 Å². The van der Waals surface area contributed by atoms with Crippen LogP contribution in [0.5, 0.6) is 0 Å². The minimum absolute atomic E-state index is 0.0630. The van der Waals surface area contributed by atoms with E-state index >= 15 is 0 Å². The van der Waals surface area contributed by atoms with Crippen LogP contribution in [0.3, 0.4) is 0 Å². The van der Waals surface area contributed by atoms with Crippen molar-refractivity contribution in [3.8, 4) is 6.07 Å². The number of likely N-dealkylation sites (tertiary alicyclic amines) is 1. The Bertz CT molecular complexity index is 754. The molecule has 118 valence electrons. The lowest BCUT2D eigenvalue weighted by Gasteiger charge is -2.23. The second-order valence-corrected chi connectivity index (χ2v) is 5.75. The van der Waals surface area contributed by atoms with Gasteiger partial charge in [-0.3, -0.25) is 4.79 Å². The SMILES string of the molecule is CO[C@@H]1CC(c2ncc[nH]2)N(C(=O)c2cc(C#N)ccc2Cl)C1. The Morgan fingerprint density at radius 3 is 3.04 bits per heavy atom. The molecule has 0 radical (unpaired) electrons. The molecule has 1 N–H and O–H groups in total. The van der Waals surface area contributed by atoms with Crippen molar-refractivity contribution < 1.29 is 9.53 Å². The first-order chi connectivity index (χ1) is 11.1. The number of halogens is 1. The number of nitrogens with zero attached hydrogens (tertiary/aromatic N) is 3. The number of aromatic amines is 1. The Labute approximate surface area is 138 Å². The summed E-state index contributed by atoms with van der Waals surface area (Å²) in [6.07, 6.45) is 3.97. The first kappa shape index (κ1) is 15.5. The summed E-state index contributed by atoms with van der Waals surface area (Å²) in [6, 6.07) is 6.50. The average molecular weight is 331 g/mol. The average Bonchev–Trinajstić information content (AvgIpc) is 3.23. The lowest BCUT2D eigenvalue weighted by Crippen LogP contribution is -2.32. The molecule has 2 atom stereocenters. The van der Waals surface area contributed by atoms with E-state index in [1.165, 1.54) is 6.07 Å². The first-order valence-electron chi connectivity index (χ1n) is 7.16. The van der Waals surface area contributed by atoms with Gasteiger partial charge in [0.05, 0.1) is 34.4 Å². The van der Waals surface area contributed by atoms with Crippen molar-refractivity contribution in [2.45, 2.75) is 18.6 Å². The van der Waals surface area contributed by atoms with Crippen molar-refractivity contribution >= 4 is 17.5 Å². The molecule has 1 fully saturated rings. The van der Waals surface area contributed by atoms with Gasteiger partial charge in [0.2, 0.25) is 0 Å². The molecule has 23 heavy (non-hydrogen) atoms. The van der Waals surface area contributed by atoms with Crippen LogP contribution in [-0.4, -0.2) is 40.5 Å². The van der Waals surface area contributed by atoms with E-state index in [1.54, 1.807) is 36.5 Å². The monoisotopic (exact) mass is 330 g/mol. The number of methoxy groups -OCH3 is 1. The van der Waals surface area contributed by atoms with Crippen LogP contribution >= 0.6 is 11.6 Å². The maximum Gasteiger partial charge on any atom is 0.256 e. The summed E-state index contributed by atoms with van der Waals surface area (Å²) >= 11 is 6.16. The quantitative estimate of drug-likeness (QED) is 0.937. The molecule has 0 aliphatic carbocycles. The molecule has 3 rings (SSSR count). The molecule has 7 heteroatoms. The Balaban J connectivity index is 1.95. The van der Waals surface area contributed by atoms with Crippen molar-refractivity contribution in [2.75, 3.05) is 13.7 Å². The Hall–Kier alpha value is -2.36. The molecule has 6 nitrogen and oxygen atoms in total. The van der Waals surface area contributed by atoms with E-state index in [-0.39, 0.29) is 18.1 Å². The fourth-order valence-corrected chi connectivity index (χ4v) is 3.02. The number of hydrogen-bond donors (Lipinski definition) is 1. The van der Waals surface area contributed by atoms with Crippen LogP contribution in [0.1, 0.15) is 34.2 Å². The number of carbonyl (C=O) groups excluding carboxylic acids is 1. The third-order valence-electron chi connectivity index (χ3n) is 4.02. The second-order valence-electron chi connectivity index (χ2n) is 5.35. The van der Waals surface area contributed by atoms with Crippen molar-refractivity contribution in [1.29, 1.82) is 5.26 Å². The van der Waals surface area contributed by atoms with Crippen molar-refractivity contribution in [3.05, 3.63) is 52.6 Å². The van der Waals surface area contributed by atoms with E-state index in [2.05, 4.69) is 9.97 Å². The number of H-pyrrole nitrogens is 1. The summed E-state index contributed by atoms with van der Waals surface area (Å²) in [5.74, 6) is 0.485. The smallest absolute Gasteiger partial charge is 0.256 e. The highest BCUT2D eigenvalue weighted by Gasteiger charge is 2.38. The molecule has 0 spiro atoms. The van der Waals surface area contributed by atoms with Gasteiger partial charge in [-0.1, -0.05) is 11.6 Å². The van der Waals surface area contributed by atoms with E-state index in [0.717, 1.165) is 0 Å². The number of benzene rings is 1. The Morgan fingerprint density at radius 1 is 1.57 bits per heavy atom. The van der Waals surface area contributed by atoms with Crippen molar-refractivity contribution in [2.24, 2.45) is 0 Å². The van der Waals surface area contributed by atoms with Gasteiger partial charge in [0, 0.05) is 32.5 Å². The van der Waals surface area contributed by atoms with Gasteiger partial charge >= 0.3 is 0 Å². The second kappa shape index (κ2) is 6.41. The summed E-state index contributed by atoms with van der Waals surface area (Å²) in [7, 11) is 1.63. The van der Waals surface area contributed by atoms with E-state index in [1.807, 2.05) is 6.07 Å². The first-order valence-corrected chi connectivity index (χ1v) is 7.54. The lowest BCUT2D eigenvalue weighted by molar-refractivity contribution is 0.0684. The molecule has 1 saturated heterocycles. The molecule has 1 unspecified atom stereocenters. The summed E-state index contributed by atoms with van der Waals surface area (Å²) < 4.78 is 5.41. The molecule has 2 aromatic rings. The van der Waals surface area contributed by atoms with Crippen LogP contribution in [0, 0.1) is 11.3 Å². The van der Waals surface area contributed by atoms with Gasteiger partial charge in [0.1, 0.15) is 5.82 Å². The molecular formula is C16H15ClN4O2. The van der Waals surface area contributed by atoms with Crippen LogP contribution in [0.15, 0.2) is 30.6 Å². The van der Waals surface area contributed by atoms with E-state index in [9.17, 15) is 4.79 Å². The molecule has 0 bridgehead atoms. The van der Waals surface area contributed by atoms with E-state index in [0.29, 0.717) is 34.9 Å². The normalized spacial score (nSPS) is 20.5. The number of amides is 1. The molecular weight excluding hydrogens is 316 g/mol. The van der Waals surface area contributed by atoms with E-state index in [4.69, 9.17) is 21.6 Å². The number of rotatable bonds is 3. The van der Waals surface area contributed by atoms with E-state index < -0.39 is 0 Å². The molecule has 1 amide bonds. The highest BCUT2D eigenvalue weighted by molar-refractivity contribution is 6.33. The molecule has 2 heterocycles. The minimum Gasteiger partial charge on any atom is -0.380 e. The largest absolute Gasteiger partial charge is 0.380 e. The highest BCUT2D eigenvalue weighted by atomic mass is 35.5. The van der Waals surface area contributed by atoms with Crippen LogP contribution in [0.2, 0.25) is 5.02 Å². The van der Waals surface area contributed by atoms with Crippen molar-refractivity contribution in [3.63, 3.8) is 0 Å². The summed E-state index contributed by atoms with van der Waals surface area (Å²) in [6.45, 7) is 0.452. The van der Waals surface area contributed by atoms with Crippen LogP contribution in [0.4, 0.5) is 0 Å². The maximum absolute atomic E-state index is 12.9. The summed E-state index contributed by atoms with van der Waals surface area (Å²) in [5, 5.41) is 9.36. The van der Waals surface area contributed by atoms with Crippen LogP contribution in [-0.2, 0) is 4.74 Å². The predicted octanol–water partition coefficient (Wildman–Crippen LogP) is 2.54. The Morgan fingerprint density at radius 2 is 2.39 bits per heavy atom. The fourth-order valence-electron chi connectivity index (χ4n) is 2.83. The predicted molar refractivity (Wildman–Crippen MR) is 83.9 cm³/mol. The van der Waals surface area contributed by atoms with Gasteiger partial charge in [-0.25, -0.2) is 4.98 Å². The number of nitrogens with one attached hydrogen (secondary N) is 1. The molecule has 0 saturated carbocycles. The minimum atomic E-state index is -0.229. The topological polar surface area (TPSA) is 82.0 Å². The zero-order valence-electron chi connectivity index (χ0n) is 12.5. The number of imidazole rings is 1. The number of carbonyl (C=O) groups is 1. The third-order valence-corrected chi connectivity index (χ3v) is 4.35. The zero-order chi connectivity index (χ0) is 16.4. The fraction of sp³-hybridized carbons (Fsp3) is 0.312. The summed E-state index contributed by atoms with van der Waals surface area (Å²) in [5.41, 5.74) is 0.716. The highest BCUT2D eigenvalue weighted by Crippen LogP contribution is 2.34. The third kappa shape index (κ3) is 2.93. The van der Waals surface area contributed by atoms with Gasteiger partial charge in [-0.2, -0.15) is 5.26 Å². The van der Waals surface area contributed by atoms with Crippen molar-refractivity contribution in [1.82, 2.24) is 14.9 Å². The standard InChI is InChI=1S/C16H15ClN4O2/c1-23-11-7-14(15-19-4-5-20-15)21(9-11)16(22)12-6-10(8-18)2-3-13(12)17/h2-6,11,14H,7,9H2,1H3,(H,19,20)/t11-,14?/m1/s1. The lowest BCUT2D eigenvalue weighted by atomic mass is 10.1. The zero-order valence-corrected chi connectivity index (χ0v) is 13.2. The number of ether oxygens (including phenoxy) is 1. The number of aromatic nitrogens is 2. The van der Waals surface area contributed by atoms with Gasteiger partial charge in [-0.05, 0) is 18.2 Å². The number of hydrogen-bond acceptors (Lipinski definition) is 4. The van der Waals surface area contributed by atoms with Gasteiger partial charge in [-0.15, -0.1) is 0 Å². The molecule has 1 aromatic carbocycles. The van der Waals surface area contributed by atoms with Gasteiger partial charge < -0.3 is 14.6 Å². The van der Waals surface area contributed by atoms with Crippen LogP contribution < -0.4 is 0 Å². The van der Waals surface area contributed by atoms with Gasteiger partial charge in [0.25, 0.3) is 5.91 Å². The molecule has 1 aromatic heterocycles. The molecule has 1 aliphatic rings. The Kier molecular flexibility index (Phi) is 4.33. The number of nitriles is 1. The summed E-state index contributed by atoms with van der Waals surface area (Å²) in [4.78, 5) is 21.9. The maximum atomic E-state index is 12.9. The van der Waals surface area contributed by atoms with Gasteiger partial charge in [0.15, 0.2) is 0 Å². The molecule has 1 aliphatic heterocycles.